The third kappa shape index (κ3) is 2.88. The number of benzene rings is 2. The van der Waals surface area contributed by atoms with Gasteiger partial charge in [-0.3, -0.25) is 13.9 Å². The lowest BCUT2D eigenvalue weighted by atomic mass is 10.2. The highest BCUT2D eigenvalue weighted by Crippen LogP contribution is 2.30. The Balaban J connectivity index is 2.01. The number of rotatable bonds is 4. The van der Waals surface area contributed by atoms with Crippen LogP contribution in [0.15, 0.2) is 53.3 Å². The summed E-state index contributed by atoms with van der Waals surface area (Å²) >= 11 is 0. The summed E-state index contributed by atoms with van der Waals surface area (Å²) in [4.78, 5) is 28.3. The van der Waals surface area contributed by atoms with Gasteiger partial charge in [-0.1, -0.05) is 25.1 Å². The van der Waals surface area contributed by atoms with E-state index in [0.717, 1.165) is 23.1 Å². The Hall–Kier alpha value is -3.74. The Kier molecular flexibility index (Phi) is 4.46. The molecule has 3 heterocycles. The highest BCUT2D eigenvalue weighted by molar-refractivity contribution is 6.05. The molecule has 0 aliphatic carbocycles. The first-order valence-electron chi connectivity index (χ1n) is 10.4. The van der Waals surface area contributed by atoms with Gasteiger partial charge in [0.1, 0.15) is 22.5 Å². The van der Waals surface area contributed by atoms with Crippen molar-refractivity contribution in [3.63, 3.8) is 0 Å². The Morgan fingerprint density at radius 3 is 2.45 bits per heavy atom. The number of fused-ring (bicyclic) bond motifs is 4. The molecule has 0 radical (unpaired) electrons. The van der Waals surface area contributed by atoms with Crippen molar-refractivity contribution in [3.05, 3.63) is 64.7 Å². The number of hydrogen-bond donors (Lipinski definition) is 0. The molecular formula is C24H23N5O2. The zero-order valence-corrected chi connectivity index (χ0v) is 18.0. The van der Waals surface area contributed by atoms with Crippen LogP contribution in [-0.4, -0.2) is 31.2 Å². The number of nitrogens with zero attached hydrogens (tertiary/aromatic N) is 5. The lowest BCUT2D eigenvalue weighted by molar-refractivity contribution is 0.414. The zero-order valence-electron chi connectivity index (χ0n) is 18.0. The van der Waals surface area contributed by atoms with Crippen LogP contribution in [0.5, 0.6) is 5.75 Å². The van der Waals surface area contributed by atoms with Crippen molar-refractivity contribution in [2.24, 2.45) is 0 Å². The van der Waals surface area contributed by atoms with Crippen LogP contribution in [0.2, 0.25) is 0 Å². The second kappa shape index (κ2) is 7.19. The van der Waals surface area contributed by atoms with Crippen LogP contribution < -0.4 is 10.3 Å². The molecule has 0 N–H and O–H groups in total. The molecule has 0 saturated heterocycles. The zero-order chi connectivity index (χ0) is 21.7. The van der Waals surface area contributed by atoms with Crippen LogP contribution in [-0.2, 0) is 0 Å². The van der Waals surface area contributed by atoms with E-state index in [-0.39, 0.29) is 11.6 Å². The number of ether oxygens (including phenoxy) is 1. The molecule has 3 aromatic heterocycles. The van der Waals surface area contributed by atoms with Gasteiger partial charge in [-0.2, -0.15) is 0 Å². The standard InChI is InChI=1S/C24H23N5O2/c1-5-14(2)28-15(3)25-22-20(24(28)30)21-23(27-19-12-7-6-11-18(19)26-21)29(22)16-9-8-10-17(13-16)31-4/h6-14H,5H2,1-4H3/t14-/m0/s1. The first-order valence-corrected chi connectivity index (χ1v) is 10.4. The van der Waals surface area contributed by atoms with Crippen LogP contribution >= 0.6 is 0 Å². The molecule has 156 valence electrons. The highest BCUT2D eigenvalue weighted by atomic mass is 16.5. The molecule has 7 nitrogen and oxygen atoms in total. The molecule has 2 aromatic carbocycles. The van der Waals surface area contributed by atoms with E-state index in [0.29, 0.717) is 33.8 Å². The van der Waals surface area contributed by atoms with Gasteiger partial charge in [0.2, 0.25) is 0 Å². The molecule has 0 aliphatic rings. The summed E-state index contributed by atoms with van der Waals surface area (Å²) in [5.41, 5.74) is 3.96. The first kappa shape index (κ1) is 19.2. The fraction of sp³-hybridized carbons (Fsp3) is 0.250. The van der Waals surface area contributed by atoms with Crippen molar-refractivity contribution < 1.29 is 4.74 Å². The molecule has 5 rings (SSSR count). The largest absolute Gasteiger partial charge is 0.497 e. The van der Waals surface area contributed by atoms with Gasteiger partial charge in [-0.15, -0.1) is 0 Å². The van der Waals surface area contributed by atoms with E-state index in [9.17, 15) is 4.79 Å². The van der Waals surface area contributed by atoms with Crippen molar-refractivity contribution in [1.82, 2.24) is 24.1 Å². The topological polar surface area (TPSA) is 74.8 Å². The summed E-state index contributed by atoms with van der Waals surface area (Å²) in [7, 11) is 1.63. The van der Waals surface area contributed by atoms with Crippen molar-refractivity contribution in [3.8, 4) is 11.4 Å². The maximum Gasteiger partial charge on any atom is 0.265 e. The van der Waals surface area contributed by atoms with Crippen LogP contribution in [0.1, 0.15) is 32.1 Å². The smallest absolute Gasteiger partial charge is 0.265 e. The number of aryl methyl sites for hydroxylation is 1. The van der Waals surface area contributed by atoms with Crippen LogP contribution in [0.3, 0.4) is 0 Å². The van der Waals surface area contributed by atoms with Gasteiger partial charge in [0, 0.05) is 12.1 Å². The molecule has 0 amide bonds. The summed E-state index contributed by atoms with van der Waals surface area (Å²) in [5.74, 6) is 1.38. The minimum atomic E-state index is -0.0897. The predicted octanol–water partition coefficient (Wildman–Crippen LogP) is 4.57. The molecule has 5 aromatic rings. The van der Waals surface area contributed by atoms with Gasteiger partial charge in [0.25, 0.3) is 5.56 Å². The molecule has 0 aliphatic heterocycles. The molecular weight excluding hydrogens is 390 g/mol. The SMILES string of the molecule is CC[C@H](C)n1c(C)nc2c(c1=O)c1nc3ccccc3nc1n2-c1cccc(OC)c1. The van der Waals surface area contributed by atoms with Gasteiger partial charge in [-0.25, -0.2) is 15.0 Å². The third-order valence-electron chi connectivity index (χ3n) is 5.83. The Morgan fingerprint density at radius 2 is 1.74 bits per heavy atom. The lowest BCUT2D eigenvalue weighted by Gasteiger charge is -2.16. The Labute approximate surface area is 179 Å². The number of methoxy groups -OCH3 is 1. The van der Waals surface area contributed by atoms with Crippen molar-refractivity contribution in [2.75, 3.05) is 7.11 Å². The summed E-state index contributed by atoms with van der Waals surface area (Å²) in [6, 6.07) is 15.4. The molecule has 0 saturated carbocycles. The second-order valence-corrected chi connectivity index (χ2v) is 7.71. The fourth-order valence-electron chi connectivity index (χ4n) is 4.11. The second-order valence-electron chi connectivity index (χ2n) is 7.71. The summed E-state index contributed by atoms with van der Waals surface area (Å²) in [5, 5.41) is 0.488. The third-order valence-corrected chi connectivity index (χ3v) is 5.83. The molecule has 31 heavy (non-hydrogen) atoms. The van der Waals surface area contributed by atoms with Crippen molar-refractivity contribution >= 4 is 33.2 Å². The normalized spacial score (nSPS) is 12.6. The maximum atomic E-state index is 13.7. The number of para-hydroxylation sites is 2. The van der Waals surface area contributed by atoms with E-state index in [2.05, 4.69) is 6.92 Å². The molecule has 1 atom stereocenters. The average molecular weight is 413 g/mol. The quantitative estimate of drug-likeness (QED) is 0.431. The molecule has 0 spiro atoms. The van der Waals surface area contributed by atoms with Gasteiger partial charge in [0.05, 0.1) is 23.8 Å². The Morgan fingerprint density at radius 1 is 1.00 bits per heavy atom. The minimum Gasteiger partial charge on any atom is -0.497 e. The predicted molar refractivity (Wildman–Crippen MR) is 122 cm³/mol. The summed E-state index contributed by atoms with van der Waals surface area (Å²) in [6.07, 6.45) is 0.830. The molecule has 0 bridgehead atoms. The minimum absolute atomic E-state index is 0.0352. The van der Waals surface area contributed by atoms with E-state index < -0.39 is 0 Å². The van der Waals surface area contributed by atoms with Crippen molar-refractivity contribution in [2.45, 2.75) is 33.2 Å². The van der Waals surface area contributed by atoms with Gasteiger partial charge < -0.3 is 4.74 Å². The molecule has 7 heteroatoms. The first-order chi connectivity index (χ1) is 15.0. The molecule has 0 fully saturated rings. The highest BCUT2D eigenvalue weighted by Gasteiger charge is 2.23. The van der Waals surface area contributed by atoms with E-state index in [1.54, 1.807) is 11.7 Å². The maximum absolute atomic E-state index is 13.7. The monoisotopic (exact) mass is 413 g/mol. The van der Waals surface area contributed by atoms with Gasteiger partial charge in [-0.05, 0) is 44.5 Å². The number of aromatic nitrogens is 5. The summed E-state index contributed by atoms with van der Waals surface area (Å²) in [6.45, 7) is 5.97. The van der Waals surface area contributed by atoms with E-state index in [1.165, 1.54) is 0 Å². The van der Waals surface area contributed by atoms with Crippen molar-refractivity contribution in [1.29, 1.82) is 0 Å². The van der Waals surface area contributed by atoms with E-state index in [1.807, 2.05) is 66.9 Å². The van der Waals surface area contributed by atoms with E-state index >= 15 is 0 Å². The fourth-order valence-corrected chi connectivity index (χ4v) is 4.11. The summed E-state index contributed by atoms with van der Waals surface area (Å²) < 4.78 is 9.09. The number of hydrogen-bond acceptors (Lipinski definition) is 5. The van der Waals surface area contributed by atoms with Gasteiger partial charge >= 0.3 is 0 Å². The van der Waals surface area contributed by atoms with Crippen LogP contribution in [0.4, 0.5) is 0 Å². The van der Waals surface area contributed by atoms with Crippen LogP contribution in [0, 0.1) is 6.92 Å². The Bertz CT molecular complexity index is 1520. The van der Waals surface area contributed by atoms with Gasteiger partial charge in [0.15, 0.2) is 11.3 Å². The van der Waals surface area contributed by atoms with Crippen LogP contribution in [0.25, 0.3) is 38.9 Å². The lowest BCUT2D eigenvalue weighted by Crippen LogP contribution is -2.26. The average Bonchev–Trinajstić information content (AvgIpc) is 3.10. The van der Waals surface area contributed by atoms with E-state index in [4.69, 9.17) is 19.7 Å². The molecule has 0 unspecified atom stereocenters.